The van der Waals surface area contributed by atoms with Gasteiger partial charge < -0.3 is 14.9 Å². The van der Waals surface area contributed by atoms with Crippen molar-refractivity contribution in [3.05, 3.63) is 118 Å². The van der Waals surface area contributed by atoms with Crippen molar-refractivity contribution in [2.75, 3.05) is 0 Å². The predicted octanol–water partition coefficient (Wildman–Crippen LogP) is 4.69. The first kappa shape index (κ1) is 21.9. The standard InChI is InChI=1S/C28H27N3O3/c1-28(27-29-17-18-30-27,20-8-3-2-4-9-20)34-26-16-15-23-22(11-7-12-25(23)32)24(26)14-13-21-10-5-6-19-31(21)33/h2-6,8-10,15-19H,7,11-14H2,1H3,(H,29,30)/t28-/m0/s1. The van der Waals surface area contributed by atoms with E-state index >= 15 is 0 Å². The van der Waals surface area contributed by atoms with Crippen LogP contribution in [0.4, 0.5) is 0 Å². The fourth-order valence-corrected chi connectivity index (χ4v) is 4.80. The first-order chi connectivity index (χ1) is 16.6. The van der Waals surface area contributed by atoms with Crippen LogP contribution in [-0.4, -0.2) is 15.8 Å². The molecule has 0 radical (unpaired) electrons. The summed E-state index contributed by atoms with van der Waals surface area (Å²) in [5.74, 6) is 1.58. The van der Waals surface area contributed by atoms with Crippen LogP contribution in [0, 0.1) is 5.21 Å². The van der Waals surface area contributed by atoms with Crippen LogP contribution in [-0.2, 0) is 24.9 Å². The van der Waals surface area contributed by atoms with E-state index in [1.165, 1.54) is 6.20 Å². The molecule has 1 aliphatic rings. The Bertz CT molecular complexity index is 1300. The highest BCUT2D eigenvalue weighted by molar-refractivity contribution is 5.99. The summed E-state index contributed by atoms with van der Waals surface area (Å²) >= 11 is 0. The van der Waals surface area contributed by atoms with Gasteiger partial charge in [0.2, 0.25) is 0 Å². The zero-order chi connectivity index (χ0) is 23.5. The summed E-state index contributed by atoms with van der Waals surface area (Å²) in [4.78, 5) is 20.4. The molecule has 6 heteroatoms. The monoisotopic (exact) mass is 453 g/mol. The van der Waals surface area contributed by atoms with Crippen LogP contribution < -0.4 is 9.47 Å². The zero-order valence-electron chi connectivity index (χ0n) is 19.2. The number of aromatic amines is 1. The Morgan fingerprint density at radius 2 is 1.88 bits per heavy atom. The number of aryl methyl sites for hydroxylation is 1. The number of nitrogens with one attached hydrogen (secondary N) is 1. The molecule has 0 saturated heterocycles. The number of H-pyrrole nitrogens is 1. The summed E-state index contributed by atoms with van der Waals surface area (Å²) in [7, 11) is 0. The third-order valence-corrected chi connectivity index (χ3v) is 6.64. The third-order valence-electron chi connectivity index (χ3n) is 6.64. The van der Waals surface area contributed by atoms with Crippen molar-refractivity contribution in [1.82, 2.24) is 9.97 Å². The first-order valence-corrected chi connectivity index (χ1v) is 11.7. The molecule has 0 spiro atoms. The number of ether oxygens (including phenoxy) is 1. The number of aromatic nitrogens is 3. The number of carbonyl (C=O) groups is 1. The second kappa shape index (κ2) is 9.14. The van der Waals surface area contributed by atoms with Gasteiger partial charge >= 0.3 is 0 Å². The number of ketones is 1. The number of rotatable bonds is 7. The second-order valence-electron chi connectivity index (χ2n) is 8.80. The van der Waals surface area contributed by atoms with Crippen LogP contribution in [0.5, 0.6) is 5.75 Å². The molecule has 1 N–H and O–H groups in total. The fraction of sp³-hybridized carbons (Fsp3) is 0.250. The molecule has 2 heterocycles. The van der Waals surface area contributed by atoms with Gasteiger partial charge in [0.15, 0.2) is 29.1 Å². The fourth-order valence-electron chi connectivity index (χ4n) is 4.80. The largest absolute Gasteiger partial charge is 0.619 e. The number of benzene rings is 2. The highest BCUT2D eigenvalue weighted by atomic mass is 16.5. The Labute approximate surface area is 198 Å². The Balaban J connectivity index is 1.59. The maximum atomic E-state index is 12.7. The summed E-state index contributed by atoms with van der Waals surface area (Å²) in [5, 5.41) is 12.3. The first-order valence-electron chi connectivity index (χ1n) is 11.7. The van der Waals surface area contributed by atoms with Gasteiger partial charge in [-0.2, -0.15) is 4.73 Å². The van der Waals surface area contributed by atoms with Crippen LogP contribution in [0.1, 0.15) is 58.3 Å². The minimum Gasteiger partial charge on any atom is -0.619 e. The van der Waals surface area contributed by atoms with Gasteiger partial charge in [-0.05, 0) is 49.4 Å². The van der Waals surface area contributed by atoms with Crippen molar-refractivity contribution < 1.29 is 14.3 Å². The van der Waals surface area contributed by atoms with Crippen molar-refractivity contribution in [1.29, 1.82) is 0 Å². The molecular formula is C28H27N3O3. The molecule has 5 rings (SSSR count). The lowest BCUT2D eigenvalue weighted by Crippen LogP contribution is -2.33. The number of carbonyl (C=O) groups excluding carboxylic acids is 1. The third kappa shape index (κ3) is 4.07. The van der Waals surface area contributed by atoms with E-state index < -0.39 is 5.60 Å². The smallest absolute Gasteiger partial charge is 0.193 e. The molecule has 0 aliphatic heterocycles. The number of imidazole rings is 1. The van der Waals surface area contributed by atoms with E-state index in [9.17, 15) is 10.0 Å². The van der Waals surface area contributed by atoms with Crippen LogP contribution in [0.3, 0.4) is 0 Å². The average molecular weight is 454 g/mol. The van der Waals surface area contributed by atoms with Gasteiger partial charge in [-0.15, -0.1) is 0 Å². The highest BCUT2D eigenvalue weighted by Gasteiger charge is 2.35. The van der Waals surface area contributed by atoms with E-state index in [0.29, 0.717) is 36.5 Å². The molecule has 34 heavy (non-hydrogen) atoms. The maximum absolute atomic E-state index is 12.7. The van der Waals surface area contributed by atoms with Gasteiger partial charge in [0, 0.05) is 48.5 Å². The molecule has 2 aromatic heterocycles. The minimum atomic E-state index is -0.863. The number of Topliss-reactive ketones (excluding diaryl/α,β-unsaturated/α-hetero) is 1. The minimum absolute atomic E-state index is 0.171. The van der Waals surface area contributed by atoms with Crippen LogP contribution >= 0.6 is 0 Å². The van der Waals surface area contributed by atoms with Crippen LogP contribution in [0.2, 0.25) is 0 Å². The van der Waals surface area contributed by atoms with Gasteiger partial charge in [0.1, 0.15) is 5.75 Å². The van der Waals surface area contributed by atoms with E-state index in [4.69, 9.17) is 4.74 Å². The molecule has 1 atom stereocenters. The summed E-state index contributed by atoms with van der Waals surface area (Å²) in [6, 6.07) is 19.2. The molecular weight excluding hydrogens is 426 g/mol. The Morgan fingerprint density at radius 3 is 2.65 bits per heavy atom. The average Bonchev–Trinajstić information content (AvgIpc) is 3.41. The lowest BCUT2D eigenvalue weighted by atomic mass is 9.85. The van der Waals surface area contributed by atoms with Crippen molar-refractivity contribution >= 4 is 5.78 Å². The van der Waals surface area contributed by atoms with Gasteiger partial charge in [0.25, 0.3) is 0 Å². The molecule has 0 fully saturated rings. The zero-order valence-corrected chi connectivity index (χ0v) is 19.2. The number of pyridine rings is 1. The van der Waals surface area contributed by atoms with Crippen molar-refractivity contribution in [2.45, 2.75) is 44.6 Å². The highest BCUT2D eigenvalue weighted by Crippen LogP contribution is 2.38. The van der Waals surface area contributed by atoms with Crippen molar-refractivity contribution in [3.8, 4) is 5.75 Å². The summed E-state index contributed by atoms with van der Waals surface area (Å²) in [6.45, 7) is 2.00. The molecule has 6 nitrogen and oxygen atoms in total. The van der Waals surface area contributed by atoms with Crippen LogP contribution in [0.25, 0.3) is 0 Å². The maximum Gasteiger partial charge on any atom is 0.193 e. The Hall–Kier alpha value is -3.93. The van der Waals surface area contributed by atoms with Crippen molar-refractivity contribution in [2.24, 2.45) is 0 Å². The normalized spacial score (nSPS) is 14.9. The topological polar surface area (TPSA) is 81.9 Å². The van der Waals surface area contributed by atoms with E-state index in [1.54, 1.807) is 18.5 Å². The molecule has 0 saturated carbocycles. The Kier molecular flexibility index (Phi) is 5.88. The number of fused-ring (bicyclic) bond motifs is 1. The van der Waals surface area contributed by atoms with Gasteiger partial charge in [-0.25, -0.2) is 4.98 Å². The SMILES string of the molecule is C[C@](Oc1ccc2c(c1CCc1cccc[n+]1[O-])CCCC2=O)(c1ccccc1)c1ncc[nH]1. The lowest BCUT2D eigenvalue weighted by Gasteiger charge is -2.32. The molecule has 0 bridgehead atoms. The lowest BCUT2D eigenvalue weighted by molar-refractivity contribution is -0.614. The predicted molar refractivity (Wildman–Crippen MR) is 129 cm³/mol. The quantitative estimate of drug-likeness (QED) is 0.325. The molecule has 0 amide bonds. The molecule has 0 unspecified atom stereocenters. The molecule has 1 aliphatic carbocycles. The summed E-state index contributed by atoms with van der Waals surface area (Å²) in [6.07, 6.45) is 8.38. The number of hydrogen-bond donors (Lipinski definition) is 1. The summed E-state index contributed by atoms with van der Waals surface area (Å²) < 4.78 is 7.69. The van der Waals surface area contributed by atoms with E-state index in [2.05, 4.69) is 9.97 Å². The van der Waals surface area contributed by atoms with Crippen molar-refractivity contribution in [3.63, 3.8) is 0 Å². The number of nitrogens with zero attached hydrogens (tertiary/aromatic N) is 2. The molecule has 4 aromatic rings. The van der Waals surface area contributed by atoms with Gasteiger partial charge in [-0.1, -0.05) is 36.4 Å². The molecule has 2 aromatic carbocycles. The van der Waals surface area contributed by atoms with Crippen LogP contribution in [0.15, 0.2) is 79.3 Å². The van der Waals surface area contributed by atoms with Gasteiger partial charge in [0.05, 0.1) is 0 Å². The van der Waals surface area contributed by atoms with Gasteiger partial charge in [-0.3, -0.25) is 4.79 Å². The summed E-state index contributed by atoms with van der Waals surface area (Å²) in [5.41, 5.74) is 3.59. The van der Waals surface area contributed by atoms with E-state index in [0.717, 1.165) is 39.8 Å². The number of hydrogen-bond acceptors (Lipinski definition) is 4. The second-order valence-corrected chi connectivity index (χ2v) is 8.80. The Morgan fingerprint density at radius 1 is 1.06 bits per heavy atom. The van der Waals surface area contributed by atoms with E-state index in [1.807, 2.05) is 61.5 Å². The molecule has 172 valence electrons. The van der Waals surface area contributed by atoms with E-state index in [-0.39, 0.29) is 5.78 Å².